The minimum Gasteiger partial charge on any atom is -0.345 e. The van der Waals surface area contributed by atoms with Crippen molar-refractivity contribution in [1.29, 1.82) is 0 Å². The van der Waals surface area contributed by atoms with Gasteiger partial charge in [0, 0.05) is 32.1 Å². The van der Waals surface area contributed by atoms with Gasteiger partial charge in [-0.25, -0.2) is 4.39 Å². The number of benzene rings is 1. The van der Waals surface area contributed by atoms with Crippen LogP contribution in [0.2, 0.25) is 0 Å². The molecule has 6 nitrogen and oxygen atoms in total. The van der Waals surface area contributed by atoms with Crippen LogP contribution in [0.25, 0.3) is 0 Å². The molecule has 0 spiro atoms. The second-order valence-electron chi connectivity index (χ2n) is 9.57. The van der Waals surface area contributed by atoms with E-state index >= 15 is 0 Å². The summed E-state index contributed by atoms with van der Waals surface area (Å²) in [5, 5.41) is 11.5. The fraction of sp³-hybridized carbons (Fsp3) is 0.591. The summed E-state index contributed by atoms with van der Waals surface area (Å²) in [6, 6.07) is 6.13. The number of amides is 1. The summed E-state index contributed by atoms with van der Waals surface area (Å²) in [5.41, 5.74) is 1.19. The number of nitrogens with one attached hydrogen (secondary N) is 1. The number of rotatable bonds is 5. The van der Waals surface area contributed by atoms with Gasteiger partial charge in [0.15, 0.2) is 0 Å². The minimum absolute atomic E-state index is 0.228. The highest BCUT2D eigenvalue weighted by Gasteiger charge is 2.40. The lowest BCUT2D eigenvalue weighted by molar-refractivity contribution is 0.0933. The van der Waals surface area contributed by atoms with Crippen molar-refractivity contribution >= 4 is 5.91 Å². The summed E-state index contributed by atoms with van der Waals surface area (Å²) in [6.07, 6.45) is 2.23. The van der Waals surface area contributed by atoms with Crippen LogP contribution in [0.15, 0.2) is 24.3 Å². The Labute approximate surface area is 171 Å². The monoisotopic (exact) mass is 399 g/mol. The van der Waals surface area contributed by atoms with Crippen LogP contribution < -0.4 is 5.32 Å². The van der Waals surface area contributed by atoms with Gasteiger partial charge < -0.3 is 14.8 Å². The SMILES string of the molecule is CC(C)(C)CCN1C[C@@H]2CCn3c(C(=O)NCc4ccc(F)cc4)nnc3[C@@H]2C1. The zero-order valence-corrected chi connectivity index (χ0v) is 17.5. The summed E-state index contributed by atoms with van der Waals surface area (Å²) in [6.45, 7) is 11.2. The quantitative estimate of drug-likeness (QED) is 0.839. The lowest BCUT2D eigenvalue weighted by atomic mass is 9.89. The molecule has 0 aliphatic carbocycles. The topological polar surface area (TPSA) is 63.1 Å². The van der Waals surface area contributed by atoms with E-state index < -0.39 is 0 Å². The predicted molar refractivity (Wildman–Crippen MR) is 109 cm³/mol. The van der Waals surface area contributed by atoms with Crippen LogP contribution >= 0.6 is 0 Å². The number of aromatic nitrogens is 3. The van der Waals surface area contributed by atoms with E-state index in [-0.39, 0.29) is 11.7 Å². The van der Waals surface area contributed by atoms with Gasteiger partial charge in [0.05, 0.1) is 0 Å². The second kappa shape index (κ2) is 7.86. The summed E-state index contributed by atoms with van der Waals surface area (Å²) in [5.74, 6) is 1.78. The number of carbonyl (C=O) groups excluding carboxylic acids is 1. The summed E-state index contributed by atoms with van der Waals surface area (Å²) < 4.78 is 15.0. The number of hydrogen-bond acceptors (Lipinski definition) is 4. The van der Waals surface area contributed by atoms with Gasteiger partial charge in [0.1, 0.15) is 11.6 Å². The van der Waals surface area contributed by atoms with E-state index in [1.165, 1.54) is 18.6 Å². The van der Waals surface area contributed by atoms with Crippen LogP contribution in [-0.2, 0) is 13.1 Å². The molecule has 1 saturated heterocycles. The standard InChI is InChI=1S/C22H30FN5O/c1-22(2,3)9-11-27-13-16-8-10-28-19(18(16)14-27)25-26-20(28)21(29)24-12-15-4-6-17(23)7-5-15/h4-7,16,18H,8-14H2,1-3H3,(H,24,29)/t16-,18+/m0/s1. The van der Waals surface area contributed by atoms with Crippen LogP contribution in [0.3, 0.4) is 0 Å². The summed E-state index contributed by atoms with van der Waals surface area (Å²) in [7, 11) is 0. The molecule has 1 fully saturated rings. The highest BCUT2D eigenvalue weighted by Crippen LogP contribution is 2.38. The first kappa shape index (κ1) is 20.0. The molecule has 2 aromatic rings. The molecule has 1 aromatic carbocycles. The van der Waals surface area contributed by atoms with E-state index in [4.69, 9.17) is 0 Å². The molecule has 7 heteroatoms. The largest absolute Gasteiger partial charge is 0.345 e. The Morgan fingerprint density at radius 3 is 2.69 bits per heavy atom. The number of halogens is 1. The van der Waals surface area contributed by atoms with Crippen molar-refractivity contribution in [3.8, 4) is 0 Å². The van der Waals surface area contributed by atoms with Gasteiger partial charge in [-0.3, -0.25) is 4.79 Å². The van der Waals surface area contributed by atoms with E-state index in [1.54, 1.807) is 12.1 Å². The molecule has 156 valence electrons. The molecule has 3 heterocycles. The van der Waals surface area contributed by atoms with Crippen LogP contribution in [0.5, 0.6) is 0 Å². The van der Waals surface area contributed by atoms with Crippen molar-refractivity contribution < 1.29 is 9.18 Å². The average molecular weight is 400 g/mol. The number of fused-ring (bicyclic) bond motifs is 3. The Bertz CT molecular complexity index is 870. The maximum Gasteiger partial charge on any atom is 0.289 e. The molecule has 0 unspecified atom stereocenters. The Balaban J connectivity index is 1.40. The third kappa shape index (κ3) is 4.50. The van der Waals surface area contributed by atoms with Crippen molar-refractivity contribution in [3.05, 3.63) is 47.3 Å². The van der Waals surface area contributed by atoms with Crippen molar-refractivity contribution in [1.82, 2.24) is 25.0 Å². The highest BCUT2D eigenvalue weighted by molar-refractivity contribution is 5.90. The fourth-order valence-corrected chi connectivity index (χ4v) is 4.36. The first-order valence-electron chi connectivity index (χ1n) is 10.5. The van der Waals surface area contributed by atoms with E-state index in [2.05, 4.69) is 41.2 Å². The molecule has 0 radical (unpaired) electrons. The number of nitrogens with zero attached hydrogens (tertiary/aromatic N) is 4. The first-order valence-corrected chi connectivity index (χ1v) is 10.5. The molecule has 1 N–H and O–H groups in total. The molecule has 0 bridgehead atoms. The smallest absolute Gasteiger partial charge is 0.289 e. The third-order valence-electron chi connectivity index (χ3n) is 6.10. The Morgan fingerprint density at radius 2 is 1.97 bits per heavy atom. The van der Waals surface area contributed by atoms with Gasteiger partial charge >= 0.3 is 0 Å². The van der Waals surface area contributed by atoms with Crippen molar-refractivity contribution in [2.45, 2.75) is 52.6 Å². The number of hydrogen-bond donors (Lipinski definition) is 1. The molecule has 1 aromatic heterocycles. The Hall–Kier alpha value is -2.28. The number of likely N-dealkylation sites (tertiary alicyclic amines) is 1. The highest BCUT2D eigenvalue weighted by atomic mass is 19.1. The van der Waals surface area contributed by atoms with Gasteiger partial charge in [-0.15, -0.1) is 10.2 Å². The fourth-order valence-electron chi connectivity index (χ4n) is 4.36. The van der Waals surface area contributed by atoms with Gasteiger partial charge in [-0.2, -0.15) is 0 Å². The third-order valence-corrected chi connectivity index (χ3v) is 6.10. The second-order valence-corrected chi connectivity index (χ2v) is 9.57. The predicted octanol–water partition coefficient (Wildman–Crippen LogP) is 3.20. The first-order chi connectivity index (χ1) is 13.8. The lowest BCUT2D eigenvalue weighted by Gasteiger charge is -2.25. The molecule has 29 heavy (non-hydrogen) atoms. The Kier molecular flexibility index (Phi) is 5.42. The molecular formula is C22H30FN5O. The van der Waals surface area contributed by atoms with E-state index in [0.717, 1.165) is 44.0 Å². The lowest BCUT2D eigenvalue weighted by Crippen LogP contribution is -2.30. The molecule has 2 aliphatic rings. The van der Waals surface area contributed by atoms with Gasteiger partial charge in [0.25, 0.3) is 5.91 Å². The van der Waals surface area contributed by atoms with Crippen LogP contribution in [0.4, 0.5) is 4.39 Å². The van der Waals surface area contributed by atoms with E-state index in [1.807, 2.05) is 4.57 Å². The molecule has 2 aliphatic heterocycles. The molecular weight excluding hydrogens is 369 g/mol. The maximum absolute atomic E-state index is 13.0. The van der Waals surface area contributed by atoms with Crippen LogP contribution in [0.1, 0.15) is 61.5 Å². The van der Waals surface area contributed by atoms with Crippen molar-refractivity contribution in [2.75, 3.05) is 19.6 Å². The van der Waals surface area contributed by atoms with E-state index in [9.17, 15) is 9.18 Å². The van der Waals surface area contributed by atoms with Crippen LogP contribution in [-0.4, -0.2) is 45.2 Å². The molecule has 1 amide bonds. The number of carbonyl (C=O) groups is 1. The molecule has 4 rings (SSSR count). The van der Waals surface area contributed by atoms with Crippen molar-refractivity contribution in [3.63, 3.8) is 0 Å². The molecule has 0 saturated carbocycles. The normalized spacial score (nSPS) is 21.7. The van der Waals surface area contributed by atoms with Gasteiger partial charge in [0.2, 0.25) is 5.82 Å². The van der Waals surface area contributed by atoms with Crippen LogP contribution in [0, 0.1) is 17.2 Å². The minimum atomic E-state index is -0.283. The zero-order chi connectivity index (χ0) is 20.6. The summed E-state index contributed by atoms with van der Waals surface area (Å²) in [4.78, 5) is 15.2. The van der Waals surface area contributed by atoms with Gasteiger partial charge in [-0.05, 0) is 48.4 Å². The van der Waals surface area contributed by atoms with Gasteiger partial charge in [-0.1, -0.05) is 32.9 Å². The van der Waals surface area contributed by atoms with Crippen molar-refractivity contribution in [2.24, 2.45) is 11.3 Å². The average Bonchev–Trinajstić information content (AvgIpc) is 3.28. The summed E-state index contributed by atoms with van der Waals surface area (Å²) >= 11 is 0. The molecule has 2 atom stereocenters. The van der Waals surface area contributed by atoms with E-state index in [0.29, 0.717) is 29.6 Å². The Morgan fingerprint density at radius 1 is 1.21 bits per heavy atom. The zero-order valence-electron chi connectivity index (χ0n) is 17.5. The maximum atomic E-state index is 13.0.